The molecule has 0 bridgehead atoms. The summed E-state index contributed by atoms with van der Waals surface area (Å²) in [7, 11) is -2.81. The molecule has 1 saturated carbocycles. The monoisotopic (exact) mass is 289 g/mol. The molecule has 0 aromatic carbocycles. The number of sulfone groups is 1. The molecule has 0 spiro atoms. The Bertz CT molecular complexity index is 357. The third-order valence-corrected chi connectivity index (χ3v) is 5.91. The Morgan fingerprint density at radius 1 is 1.11 bits per heavy atom. The fourth-order valence-electron chi connectivity index (χ4n) is 2.94. The second-order valence-electron chi connectivity index (χ2n) is 7.02. The number of hydrogen-bond acceptors (Lipinski definition) is 3. The second kappa shape index (κ2) is 7.07. The van der Waals surface area contributed by atoms with E-state index in [1.165, 1.54) is 19.3 Å². The van der Waals surface area contributed by atoms with Crippen molar-refractivity contribution in [2.75, 3.05) is 18.1 Å². The van der Waals surface area contributed by atoms with Crippen molar-refractivity contribution < 1.29 is 8.42 Å². The van der Waals surface area contributed by atoms with Gasteiger partial charge >= 0.3 is 0 Å². The van der Waals surface area contributed by atoms with Crippen molar-refractivity contribution in [3.63, 3.8) is 0 Å². The van der Waals surface area contributed by atoms with E-state index in [0.717, 1.165) is 19.4 Å². The molecule has 0 radical (unpaired) electrons. The lowest BCUT2D eigenvalue weighted by Gasteiger charge is -2.26. The minimum Gasteiger partial charge on any atom is -0.312 e. The third kappa shape index (κ3) is 6.75. The van der Waals surface area contributed by atoms with Crippen LogP contribution in [0.1, 0.15) is 59.8 Å². The molecular formula is C15H31NO2S. The summed E-state index contributed by atoms with van der Waals surface area (Å²) >= 11 is 0. The van der Waals surface area contributed by atoms with E-state index < -0.39 is 9.84 Å². The molecule has 1 rings (SSSR count). The van der Waals surface area contributed by atoms with Crippen LogP contribution in [0.25, 0.3) is 0 Å². The van der Waals surface area contributed by atoms with Crippen molar-refractivity contribution >= 4 is 9.84 Å². The molecule has 0 aromatic heterocycles. The van der Waals surface area contributed by atoms with Crippen molar-refractivity contribution in [2.24, 2.45) is 11.8 Å². The maximum Gasteiger partial charge on any atom is 0.150 e. The average Bonchev–Trinajstić information content (AvgIpc) is 2.70. The summed E-state index contributed by atoms with van der Waals surface area (Å²) < 4.78 is 23.6. The molecule has 4 heteroatoms. The van der Waals surface area contributed by atoms with Gasteiger partial charge in [-0.2, -0.15) is 0 Å². The number of hydrogen-bond donors (Lipinski definition) is 1. The van der Waals surface area contributed by atoms with E-state index in [4.69, 9.17) is 0 Å². The van der Waals surface area contributed by atoms with Crippen LogP contribution in [-0.2, 0) is 9.84 Å². The van der Waals surface area contributed by atoms with Crippen molar-refractivity contribution in [1.82, 2.24) is 5.32 Å². The van der Waals surface area contributed by atoms with Gasteiger partial charge in [0.2, 0.25) is 0 Å². The summed E-state index contributed by atoms with van der Waals surface area (Å²) in [6.45, 7) is 9.51. The van der Waals surface area contributed by atoms with Gasteiger partial charge in [0.1, 0.15) is 9.84 Å². The standard InChI is InChI=1S/C15H31NO2S/c1-5-10-19(17,18)11-9-13-7-6-8-14(13)12-16-15(2,3)4/h13-14,16H,5-12H2,1-4H3. The average molecular weight is 289 g/mol. The van der Waals surface area contributed by atoms with Crippen LogP contribution in [0.2, 0.25) is 0 Å². The first kappa shape index (κ1) is 17.0. The molecule has 1 N–H and O–H groups in total. The highest BCUT2D eigenvalue weighted by molar-refractivity contribution is 7.91. The predicted molar refractivity (Wildman–Crippen MR) is 82.1 cm³/mol. The molecule has 0 amide bonds. The van der Waals surface area contributed by atoms with Gasteiger partial charge in [0.05, 0.1) is 5.75 Å². The van der Waals surface area contributed by atoms with E-state index in [-0.39, 0.29) is 5.54 Å². The smallest absolute Gasteiger partial charge is 0.150 e. The number of nitrogens with one attached hydrogen (secondary N) is 1. The molecule has 1 fully saturated rings. The molecule has 114 valence electrons. The minimum atomic E-state index is -2.81. The van der Waals surface area contributed by atoms with Gasteiger partial charge in [-0.1, -0.05) is 19.8 Å². The van der Waals surface area contributed by atoms with Gasteiger partial charge in [-0.15, -0.1) is 0 Å². The van der Waals surface area contributed by atoms with Crippen molar-refractivity contribution in [3.05, 3.63) is 0 Å². The van der Waals surface area contributed by atoms with E-state index in [0.29, 0.717) is 23.3 Å². The van der Waals surface area contributed by atoms with E-state index in [1.54, 1.807) is 0 Å². The predicted octanol–water partition coefficient (Wildman–Crippen LogP) is 3.01. The summed E-state index contributed by atoms with van der Waals surface area (Å²) in [6, 6.07) is 0. The van der Waals surface area contributed by atoms with Crippen LogP contribution in [0.15, 0.2) is 0 Å². The summed E-state index contributed by atoms with van der Waals surface area (Å²) in [4.78, 5) is 0. The Morgan fingerprint density at radius 3 is 2.32 bits per heavy atom. The highest BCUT2D eigenvalue weighted by Gasteiger charge is 2.29. The SMILES string of the molecule is CCCS(=O)(=O)CCC1CCCC1CNC(C)(C)C. The normalized spacial score (nSPS) is 24.8. The van der Waals surface area contributed by atoms with Crippen LogP contribution < -0.4 is 5.32 Å². The van der Waals surface area contributed by atoms with Crippen molar-refractivity contribution in [3.8, 4) is 0 Å². The quantitative estimate of drug-likeness (QED) is 0.783. The summed E-state index contributed by atoms with van der Waals surface area (Å²) in [5.74, 6) is 2.00. The molecule has 1 aliphatic rings. The third-order valence-electron chi connectivity index (χ3n) is 4.03. The molecule has 0 aliphatic heterocycles. The zero-order chi connectivity index (χ0) is 14.5. The van der Waals surface area contributed by atoms with Crippen LogP contribution in [0.4, 0.5) is 0 Å². The van der Waals surface area contributed by atoms with Crippen LogP contribution in [-0.4, -0.2) is 32.0 Å². The highest BCUT2D eigenvalue weighted by atomic mass is 32.2. The molecule has 1 aliphatic carbocycles. The minimum absolute atomic E-state index is 0.154. The molecule has 0 saturated heterocycles. The largest absolute Gasteiger partial charge is 0.312 e. The maximum absolute atomic E-state index is 11.8. The maximum atomic E-state index is 11.8. The fraction of sp³-hybridized carbons (Fsp3) is 1.00. The van der Waals surface area contributed by atoms with Gasteiger partial charge in [0, 0.05) is 11.3 Å². The summed E-state index contributed by atoms with van der Waals surface area (Å²) in [5.41, 5.74) is 0.154. The summed E-state index contributed by atoms with van der Waals surface area (Å²) in [6.07, 6.45) is 5.31. The summed E-state index contributed by atoms with van der Waals surface area (Å²) in [5, 5.41) is 3.57. The lowest BCUT2D eigenvalue weighted by molar-refractivity contribution is 0.313. The fourth-order valence-corrected chi connectivity index (χ4v) is 4.43. The Kier molecular flexibility index (Phi) is 6.31. The Labute approximate surface area is 119 Å². The van der Waals surface area contributed by atoms with Gasteiger partial charge in [-0.25, -0.2) is 8.42 Å². The second-order valence-corrected chi connectivity index (χ2v) is 9.33. The number of rotatable bonds is 7. The van der Waals surface area contributed by atoms with Gasteiger partial charge < -0.3 is 5.32 Å². The van der Waals surface area contributed by atoms with E-state index >= 15 is 0 Å². The molecule has 2 unspecified atom stereocenters. The molecule has 19 heavy (non-hydrogen) atoms. The molecule has 0 heterocycles. The van der Waals surface area contributed by atoms with E-state index in [1.807, 2.05) is 6.92 Å². The Hall–Kier alpha value is -0.0900. The first-order chi connectivity index (χ1) is 8.73. The van der Waals surface area contributed by atoms with Crippen molar-refractivity contribution in [2.45, 2.75) is 65.3 Å². The van der Waals surface area contributed by atoms with Crippen molar-refractivity contribution in [1.29, 1.82) is 0 Å². The highest BCUT2D eigenvalue weighted by Crippen LogP contribution is 2.34. The molecular weight excluding hydrogens is 258 g/mol. The first-order valence-corrected chi connectivity index (χ1v) is 9.51. The van der Waals surface area contributed by atoms with Crippen LogP contribution >= 0.6 is 0 Å². The van der Waals surface area contributed by atoms with Crippen LogP contribution in [0, 0.1) is 11.8 Å². The van der Waals surface area contributed by atoms with E-state index in [2.05, 4.69) is 26.1 Å². The topological polar surface area (TPSA) is 46.2 Å². The van der Waals surface area contributed by atoms with Gasteiger partial charge in [0.25, 0.3) is 0 Å². The molecule has 2 atom stereocenters. The lowest BCUT2D eigenvalue weighted by Crippen LogP contribution is -2.40. The Morgan fingerprint density at radius 2 is 1.74 bits per heavy atom. The van der Waals surface area contributed by atoms with Crippen LogP contribution in [0.5, 0.6) is 0 Å². The van der Waals surface area contributed by atoms with Gasteiger partial charge in [-0.05, 0) is 58.4 Å². The zero-order valence-electron chi connectivity index (χ0n) is 13.0. The lowest BCUT2D eigenvalue weighted by atomic mass is 9.92. The van der Waals surface area contributed by atoms with Gasteiger partial charge in [-0.3, -0.25) is 0 Å². The molecule has 3 nitrogen and oxygen atoms in total. The zero-order valence-corrected chi connectivity index (χ0v) is 13.9. The van der Waals surface area contributed by atoms with Crippen LogP contribution in [0.3, 0.4) is 0 Å². The van der Waals surface area contributed by atoms with Gasteiger partial charge in [0.15, 0.2) is 0 Å². The Balaban J connectivity index is 2.40. The van der Waals surface area contributed by atoms with E-state index in [9.17, 15) is 8.42 Å². The molecule has 0 aromatic rings. The first-order valence-electron chi connectivity index (χ1n) is 7.69.